The Hall–Kier alpha value is -4.64. The van der Waals surface area contributed by atoms with Gasteiger partial charge in [0.15, 0.2) is 5.78 Å². The molecule has 18 heteroatoms. The molecule has 1 atom stereocenters. The lowest BCUT2D eigenvalue weighted by atomic mass is 9.98. The molecule has 1 unspecified atom stereocenters. The first-order valence-electron chi connectivity index (χ1n) is 15.8. The molecule has 1 amide bonds. The number of amides is 1. The largest absolute Gasteiger partial charge is 0.467 e. The Morgan fingerprint density at radius 3 is 2.19 bits per heavy atom. The van der Waals surface area contributed by atoms with E-state index in [-0.39, 0.29) is 42.5 Å². The van der Waals surface area contributed by atoms with Gasteiger partial charge in [-0.15, -0.1) is 0 Å². The van der Waals surface area contributed by atoms with Crippen molar-refractivity contribution >= 4 is 68.7 Å². The Bertz CT molecular complexity index is 1860. The monoisotopic (exact) mass is 783 g/mol. The zero-order valence-electron chi connectivity index (χ0n) is 28.8. The van der Waals surface area contributed by atoms with Crippen molar-refractivity contribution in [3.8, 4) is 0 Å². The van der Waals surface area contributed by atoms with Gasteiger partial charge in [0.05, 0.1) is 48.3 Å². The first-order chi connectivity index (χ1) is 24.4. The van der Waals surface area contributed by atoms with Crippen molar-refractivity contribution in [2.24, 2.45) is 5.14 Å². The number of carbonyl (C=O) groups excluding carboxylic acids is 5. The number of hydrogen-bond donors (Lipinski definition) is 2. The molecule has 282 valence electrons. The quantitative estimate of drug-likeness (QED) is 0.0445. The number of benzene rings is 2. The van der Waals surface area contributed by atoms with Gasteiger partial charge in [-0.3, -0.25) is 9.69 Å². The van der Waals surface area contributed by atoms with Gasteiger partial charge < -0.3 is 28.7 Å². The van der Waals surface area contributed by atoms with Gasteiger partial charge in [0, 0.05) is 16.1 Å². The SMILES string of the molecule is CC(C(=O)c1cccc(Cl)c1)N(C(=O)OCOC(=O)C(=O)OCCCCCOC(=O)c1cc(S(N)(=O)=O)c(Cl)cc1NCc1ccco1)C(C)(C)C. The number of furan rings is 1. The number of anilines is 1. The van der Waals surface area contributed by atoms with Crippen molar-refractivity contribution in [3.05, 3.63) is 81.7 Å². The molecule has 0 aliphatic heterocycles. The third-order valence-corrected chi connectivity index (χ3v) is 8.83. The molecule has 0 fully saturated rings. The Labute approximate surface area is 310 Å². The Morgan fingerprint density at radius 1 is 0.904 bits per heavy atom. The van der Waals surface area contributed by atoms with Gasteiger partial charge in [-0.1, -0.05) is 35.3 Å². The molecular weight excluding hydrogens is 745 g/mol. The van der Waals surface area contributed by atoms with E-state index in [0.29, 0.717) is 29.2 Å². The number of ether oxygens (including phenoxy) is 4. The first-order valence-corrected chi connectivity index (χ1v) is 18.1. The number of nitrogens with two attached hydrogens (primary N) is 1. The number of nitrogens with one attached hydrogen (secondary N) is 1. The summed E-state index contributed by atoms with van der Waals surface area (Å²) in [4.78, 5) is 63.7. The summed E-state index contributed by atoms with van der Waals surface area (Å²) in [7, 11) is -4.25. The zero-order valence-corrected chi connectivity index (χ0v) is 31.1. The molecule has 3 rings (SSSR count). The summed E-state index contributed by atoms with van der Waals surface area (Å²) in [5.74, 6) is -3.41. The highest BCUT2D eigenvalue weighted by Gasteiger charge is 2.36. The van der Waals surface area contributed by atoms with Gasteiger partial charge in [0.1, 0.15) is 10.7 Å². The summed E-state index contributed by atoms with van der Waals surface area (Å²) in [5.41, 5.74) is -0.512. The van der Waals surface area contributed by atoms with Crippen LogP contribution >= 0.6 is 23.2 Å². The van der Waals surface area contributed by atoms with Crippen LogP contribution in [0.4, 0.5) is 10.5 Å². The number of rotatable bonds is 16. The molecule has 0 saturated heterocycles. The molecule has 0 aliphatic carbocycles. The maximum absolute atomic E-state index is 13.0. The summed E-state index contributed by atoms with van der Waals surface area (Å²) in [6.07, 6.45) is 1.54. The standard InChI is InChI=1S/C34H39Cl2N3O12S/c1-21(29(40)22-10-8-11-23(35)16-22)39(34(2,3)4)33(44)51-20-50-32(43)31(42)49-14-7-5-6-13-48-30(41)25-17-28(52(37,45)46)26(36)18-27(25)38-19-24-12-9-15-47-24/h8-12,15-18,21,38H,5-7,13-14,19-20H2,1-4H3,(H2,37,45,46). The minimum Gasteiger partial charge on any atom is -0.467 e. The molecule has 0 radical (unpaired) electrons. The van der Waals surface area contributed by atoms with E-state index >= 15 is 0 Å². The predicted molar refractivity (Wildman–Crippen MR) is 188 cm³/mol. The minimum absolute atomic E-state index is 0.0694. The topological polar surface area (TPSA) is 211 Å². The van der Waals surface area contributed by atoms with Gasteiger partial charge in [-0.2, -0.15) is 0 Å². The van der Waals surface area contributed by atoms with Gasteiger partial charge in [-0.25, -0.2) is 32.7 Å². The Kier molecular flexibility index (Phi) is 15.0. The van der Waals surface area contributed by atoms with Gasteiger partial charge in [-0.05, 0) is 83.4 Å². The second-order valence-electron chi connectivity index (χ2n) is 12.2. The molecule has 15 nitrogen and oxygen atoms in total. The normalized spacial score (nSPS) is 12.0. The Morgan fingerprint density at radius 2 is 1.58 bits per heavy atom. The average molecular weight is 785 g/mol. The molecule has 2 aromatic carbocycles. The van der Waals surface area contributed by atoms with Crippen molar-refractivity contribution in [2.75, 3.05) is 25.3 Å². The number of nitrogens with zero attached hydrogens (tertiary/aromatic N) is 1. The molecule has 1 aromatic heterocycles. The van der Waals surface area contributed by atoms with Crippen LogP contribution in [0, 0.1) is 0 Å². The van der Waals surface area contributed by atoms with E-state index in [9.17, 15) is 32.4 Å². The number of hydrogen-bond acceptors (Lipinski definition) is 13. The molecule has 3 aromatic rings. The van der Waals surface area contributed by atoms with Crippen LogP contribution in [0.2, 0.25) is 10.0 Å². The highest BCUT2D eigenvalue weighted by Crippen LogP contribution is 2.29. The lowest BCUT2D eigenvalue weighted by Crippen LogP contribution is -2.53. The second kappa shape index (κ2) is 18.7. The van der Waals surface area contributed by atoms with Crippen LogP contribution in [-0.4, -0.2) is 74.7 Å². The number of esters is 3. The van der Waals surface area contributed by atoms with Crippen LogP contribution in [0.25, 0.3) is 0 Å². The number of unbranched alkanes of at least 4 members (excludes halogenated alkanes) is 2. The van der Waals surface area contributed by atoms with Crippen molar-refractivity contribution in [3.63, 3.8) is 0 Å². The van der Waals surface area contributed by atoms with Crippen LogP contribution in [0.15, 0.2) is 64.1 Å². The summed E-state index contributed by atoms with van der Waals surface area (Å²) in [5, 5.41) is 8.35. The van der Waals surface area contributed by atoms with E-state index in [0.717, 1.165) is 6.07 Å². The van der Waals surface area contributed by atoms with Crippen molar-refractivity contribution in [1.82, 2.24) is 4.90 Å². The number of primary sulfonamides is 1. The van der Waals surface area contributed by atoms with Crippen molar-refractivity contribution in [1.29, 1.82) is 0 Å². The minimum atomic E-state index is -4.25. The van der Waals surface area contributed by atoms with Crippen molar-refractivity contribution < 1.29 is 55.8 Å². The predicted octanol–water partition coefficient (Wildman–Crippen LogP) is 5.73. The third-order valence-electron chi connectivity index (χ3n) is 7.22. The lowest BCUT2D eigenvalue weighted by molar-refractivity contribution is -0.173. The van der Waals surface area contributed by atoms with Crippen LogP contribution in [-0.2, 0) is 45.1 Å². The highest BCUT2D eigenvalue weighted by atomic mass is 35.5. The van der Waals surface area contributed by atoms with Crippen molar-refractivity contribution in [2.45, 2.75) is 70.0 Å². The van der Waals surface area contributed by atoms with Gasteiger partial charge in [0.25, 0.3) is 0 Å². The molecule has 3 N–H and O–H groups in total. The maximum atomic E-state index is 13.0. The number of halogens is 2. The third kappa shape index (κ3) is 12.3. The number of sulfonamides is 1. The fraction of sp³-hybridized carbons (Fsp3) is 0.382. The molecule has 0 bridgehead atoms. The summed E-state index contributed by atoms with van der Waals surface area (Å²) >= 11 is 12.1. The molecule has 0 saturated carbocycles. The maximum Gasteiger partial charge on any atom is 0.420 e. The van der Waals surface area contributed by atoms with Crippen LogP contribution in [0.3, 0.4) is 0 Å². The van der Waals surface area contributed by atoms with Gasteiger partial charge in [0.2, 0.25) is 16.8 Å². The number of carbonyl (C=O) groups is 5. The molecule has 0 aliphatic rings. The molecular formula is C34H39Cl2N3O12S. The molecule has 0 spiro atoms. The fourth-order valence-corrected chi connectivity index (χ4v) is 6.09. The fourth-order valence-electron chi connectivity index (χ4n) is 4.80. The smallest absolute Gasteiger partial charge is 0.420 e. The van der Waals surface area contributed by atoms with Crippen LogP contribution in [0.5, 0.6) is 0 Å². The first kappa shape index (κ1) is 41.8. The number of ketones is 1. The Balaban J connectivity index is 1.41. The lowest BCUT2D eigenvalue weighted by Gasteiger charge is -2.38. The summed E-state index contributed by atoms with van der Waals surface area (Å²) < 4.78 is 49.1. The summed E-state index contributed by atoms with van der Waals surface area (Å²) in [6.45, 7) is 5.61. The van der Waals surface area contributed by atoms with E-state index in [4.69, 9.17) is 51.7 Å². The molecule has 52 heavy (non-hydrogen) atoms. The van der Waals surface area contributed by atoms with Crippen LogP contribution < -0.4 is 10.5 Å². The second-order valence-corrected chi connectivity index (χ2v) is 14.6. The average Bonchev–Trinajstić information content (AvgIpc) is 3.59. The zero-order chi connectivity index (χ0) is 38.6. The van der Waals surface area contributed by atoms with E-state index in [1.807, 2.05) is 0 Å². The van der Waals surface area contributed by atoms with E-state index in [1.54, 1.807) is 51.1 Å². The van der Waals surface area contributed by atoms with E-state index < -0.39 is 63.1 Å². The molecule has 1 heterocycles. The number of Topliss-reactive ketones (excluding diaryl/α,β-unsaturated/α-hetero) is 1. The van der Waals surface area contributed by atoms with E-state index in [2.05, 4.69) is 5.32 Å². The van der Waals surface area contributed by atoms with E-state index in [1.165, 1.54) is 30.2 Å². The van der Waals surface area contributed by atoms with Crippen LogP contribution in [0.1, 0.15) is 73.4 Å². The highest BCUT2D eigenvalue weighted by molar-refractivity contribution is 7.89. The van der Waals surface area contributed by atoms with Gasteiger partial charge >= 0.3 is 24.0 Å². The summed E-state index contributed by atoms with van der Waals surface area (Å²) in [6, 6.07) is 10.9.